The van der Waals surface area contributed by atoms with Gasteiger partial charge >= 0.3 is 0 Å². The van der Waals surface area contributed by atoms with Gasteiger partial charge < -0.3 is 9.73 Å². The predicted octanol–water partition coefficient (Wildman–Crippen LogP) is 2.94. The lowest BCUT2D eigenvalue weighted by Gasteiger charge is -2.14. The van der Waals surface area contributed by atoms with E-state index in [1.54, 1.807) is 11.3 Å². The predicted molar refractivity (Wildman–Crippen MR) is 65.7 cm³/mol. The quantitative estimate of drug-likeness (QED) is 0.867. The van der Waals surface area contributed by atoms with E-state index in [0.29, 0.717) is 6.04 Å². The van der Waals surface area contributed by atoms with Crippen LogP contribution in [-0.4, -0.2) is 11.5 Å². The molecule has 0 amide bonds. The molecule has 86 valence electrons. The molecule has 0 saturated carbocycles. The van der Waals surface area contributed by atoms with Crippen molar-refractivity contribution in [2.24, 2.45) is 0 Å². The first-order valence-electron chi connectivity index (χ1n) is 5.45. The Kier molecular flexibility index (Phi) is 3.74. The van der Waals surface area contributed by atoms with Crippen molar-refractivity contribution in [1.29, 1.82) is 0 Å². The SMILES string of the molecule is CCNC(Cc1cncs1)c1coc(C)c1. The minimum Gasteiger partial charge on any atom is -0.469 e. The molecule has 2 aromatic heterocycles. The third-order valence-corrected chi connectivity index (χ3v) is 3.29. The molecular formula is C12H16N2OS. The van der Waals surface area contributed by atoms with Crippen LogP contribution in [0.15, 0.2) is 28.5 Å². The molecule has 1 N–H and O–H groups in total. The van der Waals surface area contributed by atoms with Crippen LogP contribution in [0.1, 0.15) is 29.2 Å². The summed E-state index contributed by atoms with van der Waals surface area (Å²) < 4.78 is 5.36. The molecule has 4 heteroatoms. The summed E-state index contributed by atoms with van der Waals surface area (Å²) in [4.78, 5) is 5.40. The summed E-state index contributed by atoms with van der Waals surface area (Å²) >= 11 is 1.70. The van der Waals surface area contributed by atoms with Gasteiger partial charge in [0.15, 0.2) is 0 Å². The van der Waals surface area contributed by atoms with Crippen molar-refractivity contribution in [1.82, 2.24) is 10.3 Å². The molecule has 0 aromatic carbocycles. The van der Waals surface area contributed by atoms with Crippen molar-refractivity contribution < 1.29 is 4.42 Å². The zero-order chi connectivity index (χ0) is 11.4. The Balaban J connectivity index is 2.11. The van der Waals surface area contributed by atoms with Crippen LogP contribution in [0.4, 0.5) is 0 Å². The Morgan fingerprint density at radius 1 is 1.56 bits per heavy atom. The first-order chi connectivity index (χ1) is 7.79. The molecule has 1 atom stereocenters. The van der Waals surface area contributed by atoms with Crippen LogP contribution in [0.5, 0.6) is 0 Å². The Hall–Kier alpha value is -1.13. The fraction of sp³-hybridized carbons (Fsp3) is 0.417. The maximum atomic E-state index is 5.36. The Labute approximate surface area is 99.5 Å². The molecule has 0 fully saturated rings. The maximum absolute atomic E-state index is 5.36. The van der Waals surface area contributed by atoms with Gasteiger partial charge in [0.1, 0.15) is 5.76 Å². The molecule has 2 rings (SSSR count). The van der Waals surface area contributed by atoms with Crippen molar-refractivity contribution in [3.05, 3.63) is 40.2 Å². The minimum atomic E-state index is 0.322. The van der Waals surface area contributed by atoms with Crippen LogP contribution in [0.3, 0.4) is 0 Å². The van der Waals surface area contributed by atoms with Crippen molar-refractivity contribution in [3.8, 4) is 0 Å². The lowest BCUT2D eigenvalue weighted by Crippen LogP contribution is -2.22. The zero-order valence-electron chi connectivity index (χ0n) is 9.56. The van der Waals surface area contributed by atoms with E-state index >= 15 is 0 Å². The second-order valence-corrected chi connectivity index (χ2v) is 4.74. The summed E-state index contributed by atoms with van der Waals surface area (Å²) in [6.07, 6.45) is 4.74. The molecule has 0 spiro atoms. The first-order valence-corrected chi connectivity index (χ1v) is 6.33. The van der Waals surface area contributed by atoms with Gasteiger partial charge in [0, 0.05) is 29.1 Å². The van der Waals surface area contributed by atoms with Crippen LogP contribution >= 0.6 is 11.3 Å². The van der Waals surface area contributed by atoms with Gasteiger partial charge in [-0.25, -0.2) is 0 Å². The van der Waals surface area contributed by atoms with Gasteiger partial charge in [0.05, 0.1) is 11.8 Å². The van der Waals surface area contributed by atoms with Crippen molar-refractivity contribution in [3.63, 3.8) is 0 Å². The number of rotatable bonds is 5. The molecule has 0 aliphatic rings. The van der Waals surface area contributed by atoms with Crippen molar-refractivity contribution >= 4 is 11.3 Å². The van der Waals surface area contributed by atoms with Gasteiger partial charge in [-0.05, 0) is 19.5 Å². The molecule has 0 bridgehead atoms. The number of aryl methyl sites for hydroxylation is 1. The van der Waals surface area contributed by atoms with Gasteiger partial charge in [-0.1, -0.05) is 6.92 Å². The number of hydrogen-bond acceptors (Lipinski definition) is 4. The van der Waals surface area contributed by atoms with E-state index in [1.165, 1.54) is 10.4 Å². The average molecular weight is 236 g/mol. The standard InChI is InChI=1S/C12H16N2OS/c1-3-14-12(5-11-6-13-8-16-11)10-4-9(2)15-7-10/h4,6-8,12,14H,3,5H2,1-2H3. The van der Waals surface area contributed by atoms with E-state index < -0.39 is 0 Å². The molecule has 0 aliphatic carbocycles. The molecule has 16 heavy (non-hydrogen) atoms. The number of furan rings is 1. The Morgan fingerprint density at radius 3 is 3.00 bits per heavy atom. The lowest BCUT2D eigenvalue weighted by atomic mass is 10.1. The molecular weight excluding hydrogens is 220 g/mol. The molecule has 1 unspecified atom stereocenters. The Bertz CT molecular complexity index is 422. The monoisotopic (exact) mass is 236 g/mol. The highest BCUT2D eigenvalue weighted by Crippen LogP contribution is 2.22. The molecule has 0 aliphatic heterocycles. The first kappa shape index (κ1) is 11.4. The summed E-state index contributed by atoms with van der Waals surface area (Å²) in [6.45, 7) is 5.04. The number of thiazole rings is 1. The van der Waals surface area contributed by atoms with E-state index in [9.17, 15) is 0 Å². The van der Waals surface area contributed by atoms with Crippen LogP contribution in [0.25, 0.3) is 0 Å². The fourth-order valence-corrected chi connectivity index (χ4v) is 2.39. The number of nitrogens with zero attached hydrogens (tertiary/aromatic N) is 1. The maximum Gasteiger partial charge on any atom is 0.101 e. The number of aromatic nitrogens is 1. The summed E-state index contributed by atoms with van der Waals surface area (Å²) in [6, 6.07) is 2.41. The van der Waals surface area contributed by atoms with Crippen LogP contribution in [0.2, 0.25) is 0 Å². The highest BCUT2D eigenvalue weighted by atomic mass is 32.1. The highest BCUT2D eigenvalue weighted by Gasteiger charge is 2.14. The van der Waals surface area contributed by atoms with Crippen molar-refractivity contribution in [2.75, 3.05) is 6.54 Å². The van der Waals surface area contributed by atoms with Gasteiger partial charge in [-0.3, -0.25) is 4.98 Å². The fourth-order valence-electron chi connectivity index (χ4n) is 1.74. The van der Waals surface area contributed by atoms with Gasteiger partial charge in [0.25, 0.3) is 0 Å². The lowest BCUT2D eigenvalue weighted by molar-refractivity contribution is 0.512. The average Bonchev–Trinajstić information content (AvgIpc) is 2.88. The van der Waals surface area contributed by atoms with E-state index in [-0.39, 0.29) is 0 Å². The van der Waals surface area contributed by atoms with E-state index in [4.69, 9.17) is 4.42 Å². The topological polar surface area (TPSA) is 38.1 Å². The summed E-state index contributed by atoms with van der Waals surface area (Å²) in [5.74, 6) is 0.960. The van der Waals surface area contributed by atoms with Crippen molar-refractivity contribution in [2.45, 2.75) is 26.3 Å². The molecule has 0 saturated heterocycles. The zero-order valence-corrected chi connectivity index (χ0v) is 10.4. The summed E-state index contributed by atoms with van der Waals surface area (Å²) in [5, 5.41) is 3.47. The molecule has 0 radical (unpaired) electrons. The van der Waals surface area contributed by atoms with Crippen LogP contribution in [0, 0.1) is 6.92 Å². The molecule has 2 aromatic rings. The molecule has 3 nitrogen and oxygen atoms in total. The smallest absolute Gasteiger partial charge is 0.101 e. The van der Waals surface area contributed by atoms with E-state index in [0.717, 1.165) is 18.7 Å². The highest BCUT2D eigenvalue weighted by molar-refractivity contribution is 7.09. The second-order valence-electron chi connectivity index (χ2n) is 3.77. The number of nitrogens with one attached hydrogen (secondary N) is 1. The van der Waals surface area contributed by atoms with Crippen LogP contribution < -0.4 is 5.32 Å². The summed E-state index contributed by atoms with van der Waals surface area (Å²) in [5.41, 5.74) is 3.09. The van der Waals surface area contributed by atoms with Gasteiger partial charge in [-0.15, -0.1) is 11.3 Å². The second kappa shape index (κ2) is 5.27. The van der Waals surface area contributed by atoms with Gasteiger partial charge in [0.2, 0.25) is 0 Å². The largest absolute Gasteiger partial charge is 0.469 e. The number of likely N-dealkylation sites (N-methyl/N-ethyl adjacent to an activating group) is 1. The van der Waals surface area contributed by atoms with Gasteiger partial charge in [-0.2, -0.15) is 0 Å². The van der Waals surface area contributed by atoms with E-state index in [1.807, 2.05) is 24.9 Å². The third kappa shape index (κ3) is 2.71. The normalized spacial score (nSPS) is 12.9. The van der Waals surface area contributed by atoms with E-state index in [2.05, 4.69) is 23.3 Å². The third-order valence-electron chi connectivity index (χ3n) is 2.49. The number of hydrogen-bond donors (Lipinski definition) is 1. The van der Waals surface area contributed by atoms with Crippen LogP contribution in [-0.2, 0) is 6.42 Å². The Morgan fingerprint density at radius 2 is 2.44 bits per heavy atom. The summed E-state index contributed by atoms with van der Waals surface area (Å²) in [7, 11) is 0. The molecule has 2 heterocycles. The minimum absolute atomic E-state index is 0.322.